The Morgan fingerprint density at radius 1 is 0.522 bits per heavy atom. The second-order valence-corrected chi connectivity index (χ2v) is 12.5. The second-order valence-electron chi connectivity index (χ2n) is 11.4. The molecule has 46 heavy (non-hydrogen) atoms. The number of hydrogen-bond donors (Lipinski definition) is 0. The van der Waals surface area contributed by atoms with Crippen LogP contribution in [0.4, 0.5) is 34.1 Å². The van der Waals surface area contributed by atoms with Gasteiger partial charge in [0.15, 0.2) is 11.5 Å². The number of aryl methyl sites for hydroxylation is 2. The molecule has 2 aliphatic rings. The highest BCUT2D eigenvalue weighted by atomic mass is 32.2. The molecule has 220 valence electrons. The average molecular weight is 617 g/mol. The fourth-order valence-electron chi connectivity index (χ4n) is 6.81. The summed E-state index contributed by atoms with van der Waals surface area (Å²) in [6.07, 6.45) is 0. The van der Waals surface area contributed by atoms with E-state index < -0.39 is 0 Å². The molecule has 10 heteroatoms. The van der Waals surface area contributed by atoms with Crippen LogP contribution in [0.3, 0.4) is 0 Å². The van der Waals surface area contributed by atoms with Crippen LogP contribution in [-0.2, 0) is 0 Å². The Labute approximate surface area is 267 Å². The van der Waals surface area contributed by atoms with Crippen molar-refractivity contribution in [2.75, 3.05) is 9.80 Å². The summed E-state index contributed by atoms with van der Waals surface area (Å²) >= 11 is 1.79. The summed E-state index contributed by atoms with van der Waals surface area (Å²) in [5.41, 5.74) is 9.30. The highest BCUT2D eigenvalue weighted by Gasteiger charge is 2.32. The molecule has 8 aromatic rings. The fraction of sp³-hybridized carbons (Fsp3) is 0.0556. The lowest BCUT2D eigenvalue weighted by Crippen LogP contribution is -2.19. The van der Waals surface area contributed by atoms with Crippen LogP contribution in [0.15, 0.2) is 119 Å². The van der Waals surface area contributed by atoms with Gasteiger partial charge in [0.1, 0.15) is 11.6 Å². The molecule has 0 bridgehead atoms. The summed E-state index contributed by atoms with van der Waals surface area (Å²) in [6, 6.07) is 38.0. The summed E-state index contributed by atoms with van der Waals surface area (Å²) < 4.78 is 10.6. The van der Waals surface area contributed by atoms with Gasteiger partial charge in [-0.25, -0.2) is 0 Å². The number of hydrogen-bond acceptors (Lipinski definition) is 8. The lowest BCUT2D eigenvalue weighted by molar-refractivity contribution is 0.477. The van der Waals surface area contributed by atoms with E-state index in [-0.39, 0.29) is 0 Å². The van der Waals surface area contributed by atoms with Crippen molar-refractivity contribution in [1.82, 2.24) is 29.2 Å². The van der Waals surface area contributed by atoms with E-state index >= 15 is 0 Å². The Bertz CT molecular complexity index is 2460. The Morgan fingerprint density at radius 2 is 1.04 bits per heavy atom. The summed E-state index contributed by atoms with van der Waals surface area (Å²) in [4.78, 5) is 7.01. The molecule has 0 saturated carbocycles. The molecule has 0 unspecified atom stereocenters. The SMILES string of the molecule is Cc1nnc2c3nnc(C)n3c3c(N4c5ccccc5Sc5ccccc54)cc(N4c5ccccc5Oc5ccccc54)cc3n12. The summed E-state index contributed by atoms with van der Waals surface area (Å²) in [5, 5.41) is 18.2. The maximum Gasteiger partial charge on any atom is 0.207 e. The molecule has 0 atom stereocenters. The molecular formula is C36H24N8OS. The zero-order valence-corrected chi connectivity index (χ0v) is 25.6. The molecule has 0 fully saturated rings. The largest absolute Gasteiger partial charge is 0.453 e. The van der Waals surface area contributed by atoms with Crippen molar-refractivity contribution in [2.24, 2.45) is 0 Å². The van der Waals surface area contributed by atoms with Crippen molar-refractivity contribution in [2.45, 2.75) is 23.6 Å². The molecule has 10 rings (SSSR count). The van der Waals surface area contributed by atoms with E-state index in [9.17, 15) is 0 Å². The van der Waals surface area contributed by atoms with Gasteiger partial charge < -0.3 is 14.5 Å². The molecular weight excluding hydrogens is 593 g/mol. The van der Waals surface area contributed by atoms with E-state index in [1.807, 2.05) is 50.2 Å². The van der Waals surface area contributed by atoms with Gasteiger partial charge in [0.05, 0.1) is 45.2 Å². The van der Waals surface area contributed by atoms with Gasteiger partial charge in [0.25, 0.3) is 0 Å². The Balaban J connectivity index is 1.40. The van der Waals surface area contributed by atoms with Crippen LogP contribution in [0.2, 0.25) is 0 Å². The quantitative estimate of drug-likeness (QED) is 0.190. The van der Waals surface area contributed by atoms with E-state index in [1.165, 1.54) is 9.79 Å². The highest BCUT2D eigenvalue weighted by molar-refractivity contribution is 7.99. The molecule has 9 nitrogen and oxygen atoms in total. The predicted octanol–water partition coefficient (Wildman–Crippen LogP) is 9.05. The number of ether oxygens (including phenoxy) is 1. The standard InChI is InChI=1S/C36H24N8OS/c1-21-37-39-35-36-40-38-22(2)42(36)34-28(41(21)35)19-23(43-24-11-3-7-15-30(24)45-31-16-8-4-12-25(31)43)20-29(34)44-26-13-5-9-17-32(26)46-33-18-10-6-14-27(33)44/h3-20H,1-2H3. The first-order valence-electron chi connectivity index (χ1n) is 15.0. The minimum atomic E-state index is 0.659. The topological polar surface area (TPSA) is 76.1 Å². The van der Waals surface area contributed by atoms with Crippen molar-refractivity contribution < 1.29 is 4.74 Å². The molecule has 2 aliphatic heterocycles. The van der Waals surface area contributed by atoms with Gasteiger partial charge in [-0.05, 0) is 74.5 Å². The monoisotopic (exact) mass is 616 g/mol. The van der Waals surface area contributed by atoms with Gasteiger partial charge in [-0.1, -0.05) is 60.3 Å². The molecule has 0 saturated heterocycles. The van der Waals surface area contributed by atoms with Gasteiger partial charge in [0.2, 0.25) is 11.3 Å². The number of fused-ring (bicyclic) bond motifs is 10. The third-order valence-corrected chi connectivity index (χ3v) is 9.86. The highest BCUT2D eigenvalue weighted by Crippen LogP contribution is 2.55. The Hall–Kier alpha value is -5.87. The molecule has 5 aromatic carbocycles. The van der Waals surface area contributed by atoms with Crippen LogP contribution in [0.1, 0.15) is 11.6 Å². The molecule has 0 radical (unpaired) electrons. The van der Waals surface area contributed by atoms with Crippen LogP contribution in [0.25, 0.3) is 22.3 Å². The number of para-hydroxylation sites is 6. The molecule has 0 amide bonds. The molecule has 0 N–H and O–H groups in total. The lowest BCUT2D eigenvalue weighted by Gasteiger charge is -2.36. The van der Waals surface area contributed by atoms with Crippen LogP contribution in [-0.4, -0.2) is 29.2 Å². The first-order valence-corrected chi connectivity index (χ1v) is 15.8. The minimum absolute atomic E-state index is 0.659. The normalized spacial score (nSPS) is 13.4. The van der Waals surface area contributed by atoms with Crippen LogP contribution in [0.5, 0.6) is 11.5 Å². The van der Waals surface area contributed by atoms with E-state index in [4.69, 9.17) is 4.74 Å². The van der Waals surface area contributed by atoms with Gasteiger partial charge in [0, 0.05) is 9.79 Å². The van der Waals surface area contributed by atoms with Crippen molar-refractivity contribution >= 4 is 68.2 Å². The summed E-state index contributed by atoms with van der Waals surface area (Å²) in [6.45, 7) is 3.96. The van der Waals surface area contributed by atoms with Gasteiger partial charge in [-0.2, -0.15) is 0 Å². The van der Waals surface area contributed by atoms with Crippen LogP contribution in [0, 0.1) is 13.8 Å². The van der Waals surface area contributed by atoms with Crippen molar-refractivity contribution in [3.05, 3.63) is 121 Å². The fourth-order valence-corrected chi connectivity index (χ4v) is 7.86. The third kappa shape index (κ3) is 3.41. The lowest BCUT2D eigenvalue weighted by atomic mass is 10.1. The first-order chi connectivity index (χ1) is 22.7. The summed E-state index contributed by atoms with van der Waals surface area (Å²) in [5.74, 6) is 3.13. The van der Waals surface area contributed by atoms with Gasteiger partial charge >= 0.3 is 0 Å². The number of anilines is 6. The molecule has 0 spiro atoms. The Morgan fingerprint density at radius 3 is 1.67 bits per heavy atom. The predicted molar refractivity (Wildman–Crippen MR) is 180 cm³/mol. The van der Waals surface area contributed by atoms with Crippen molar-refractivity contribution in [3.63, 3.8) is 0 Å². The number of benzene rings is 5. The zero-order chi connectivity index (χ0) is 30.5. The minimum Gasteiger partial charge on any atom is -0.453 e. The second kappa shape index (κ2) is 9.32. The summed E-state index contributed by atoms with van der Waals surface area (Å²) in [7, 11) is 0. The molecule has 5 heterocycles. The van der Waals surface area contributed by atoms with Crippen LogP contribution < -0.4 is 14.5 Å². The van der Waals surface area contributed by atoms with Crippen LogP contribution >= 0.6 is 11.8 Å². The van der Waals surface area contributed by atoms with Gasteiger partial charge in [-0.15, -0.1) is 20.4 Å². The Kier molecular flexibility index (Phi) is 5.16. The smallest absolute Gasteiger partial charge is 0.207 e. The average Bonchev–Trinajstić information content (AvgIpc) is 3.68. The van der Waals surface area contributed by atoms with E-state index in [2.05, 4.69) is 112 Å². The zero-order valence-electron chi connectivity index (χ0n) is 24.8. The number of nitrogens with zero attached hydrogens (tertiary/aromatic N) is 8. The van der Waals surface area contributed by atoms with E-state index in [1.54, 1.807) is 11.8 Å². The number of rotatable bonds is 2. The van der Waals surface area contributed by atoms with Crippen molar-refractivity contribution in [1.29, 1.82) is 0 Å². The number of aromatic nitrogens is 6. The maximum absolute atomic E-state index is 6.40. The van der Waals surface area contributed by atoms with Gasteiger partial charge in [-0.3, -0.25) is 8.80 Å². The van der Waals surface area contributed by atoms with E-state index in [0.29, 0.717) is 11.3 Å². The van der Waals surface area contributed by atoms with Crippen molar-refractivity contribution in [3.8, 4) is 11.5 Å². The maximum atomic E-state index is 6.40. The first kappa shape index (κ1) is 25.5. The third-order valence-electron chi connectivity index (χ3n) is 8.73. The van der Waals surface area contributed by atoms with E-state index in [0.717, 1.165) is 68.3 Å². The molecule has 0 aliphatic carbocycles. The molecule has 3 aromatic heterocycles.